The normalized spacial score (nSPS) is 20.2. The molecule has 0 spiro atoms. The number of fused-ring (bicyclic) bond motifs is 3. The highest BCUT2D eigenvalue weighted by Crippen LogP contribution is 2.42. The molecule has 56 heavy (non-hydrogen) atoms. The van der Waals surface area contributed by atoms with Gasteiger partial charge in [-0.3, -0.25) is 14.7 Å². The van der Waals surface area contributed by atoms with Gasteiger partial charge in [-0.05, 0) is 85.3 Å². The number of alkyl halides is 1. The molecule has 294 valence electrons. The van der Waals surface area contributed by atoms with E-state index in [0.717, 1.165) is 31.5 Å². The molecule has 0 unspecified atom stereocenters. The van der Waals surface area contributed by atoms with Crippen molar-refractivity contribution in [1.82, 2.24) is 19.9 Å². The van der Waals surface area contributed by atoms with E-state index < -0.39 is 46.9 Å². The largest absolute Gasteiger partial charge is 0.468 e. The zero-order valence-electron chi connectivity index (χ0n) is 30.9. The molecule has 0 N–H and O–H groups in total. The van der Waals surface area contributed by atoms with Gasteiger partial charge in [0.2, 0.25) is 0 Å². The van der Waals surface area contributed by atoms with Crippen molar-refractivity contribution >= 4 is 33.5 Å². The lowest BCUT2D eigenvalue weighted by molar-refractivity contribution is -0.139. The van der Waals surface area contributed by atoms with E-state index in [0.29, 0.717) is 78.8 Å². The Bertz CT molecular complexity index is 2310. The number of benzene rings is 3. The van der Waals surface area contributed by atoms with Gasteiger partial charge >= 0.3 is 12.0 Å². The molecule has 0 radical (unpaired) electrons. The number of aryl methyl sites for hydroxylation is 1. The SMILES string of the molecule is CCc1c(F)ccc2cc(OCOC)cc(-c3ncc4c(N5CCC(C(=O)Oc6ccc(F)c(F)c6)CC5)nc(OC[C@@]56CCCN5C[C@H](F)C6)nc4c3F)c12. The molecular weight excluding hydrogens is 737 g/mol. The standard InChI is InChI=1S/C41H40F5N5O5/c1-3-28-31(43)7-5-24-15-27(55-22-53-2)16-29(34(24)28)36-35(46)37-30(19-47-36)38(49-40(48-37)54-21-41-11-4-12-51(41)20-25(42)18-41)50-13-9-23(10-14-50)39(52)56-26-6-8-32(44)33(45)17-26/h5-8,15-17,19,23,25H,3-4,9-14,18,20-22H2,1-2H3/t25-,41+/m1/s1. The molecule has 0 bridgehead atoms. The molecule has 3 aliphatic heterocycles. The third-order valence-corrected chi connectivity index (χ3v) is 11.2. The van der Waals surface area contributed by atoms with E-state index in [1.165, 1.54) is 25.4 Å². The summed E-state index contributed by atoms with van der Waals surface area (Å²) >= 11 is 0. The first kappa shape index (κ1) is 37.8. The number of piperidine rings is 1. The minimum Gasteiger partial charge on any atom is -0.468 e. The quantitative estimate of drug-likeness (QED) is 0.0574. The van der Waals surface area contributed by atoms with Crippen molar-refractivity contribution in [3.8, 4) is 28.8 Å². The summed E-state index contributed by atoms with van der Waals surface area (Å²) in [6.45, 7) is 3.54. The molecule has 3 aromatic carbocycles. The van der Waals surface area contributed by atoms with Gasteiger partial charge in [0.15, 0.2) is 24.2 Å². The van der Waals surface area contributed by atoms with Crippen LogP contribution in [-0.2, 0) is 16.0 Å². The fourth-order valence-electron chi connectivity index (χ4n) is 8.46. The molecule has 2 aromatic heterocycles. The van der Waals surface area contributed by atoms with Crippen LogP contribution < -0.4 is 19.1 Å². The summed E-state index contributed by atoms with van der Waals surface area (Å²) in [7, 11) is 1.48. The lowest BCUT2D eigenvalue weighted by Crippen LogP contribution is -2.43. The Morgan fingerprint density at radius 1 is 0.946 bits per heavy atom. The predicted octanol–water partition coefficient (Wildman–Crippen LogP) is 7.72. The van der Waals surface area contributed by atoms with Crippen molar-refractivity contribution in [2.45, 2.75) is 57.2 Å². The fraction of sp³-hybridized carbons (Fsp3) is 0.415. The second kappa shape index (κ2) is 15.4. The van der Waals surface area contributed by atoms with Crippen LogP contribution in [0.15, 0.2) is 48.7 Å². The highest BCUT2D eigenvalue weighted by molar-refractivity contribution is 6.02. The van der Waals surface area contributed by atoms with Crippen LogP contribution in [0.5, 0.6) is 17.5 Å². The Kier molecular flexibility index (Phi) is 10.4. The number of methoxy groups -OCH3 is 1. The molecule has 3 fully saturated rings. The second-order valence-corrected chi connectivity index (χ2v) is 14.6. The number of ether oxygens (including phenoxy) is 4. The number of aromatic nitrogens is 3. The highest BCUT2D eigenvalue weighted by atomic mass is 19.2. The Morgan fingerprint density at radius 3 is 2.52 bits per heavy atom. The lowest BCUT2D eigenvalue weighted by atomic mass is 9.94. The first-order chi connectivity index (χ1) is 27.1. The second-order valence-electron chi connectivity index (χ2n) is 14.6. The fourth-order valence-corrected chi connectivity index (χ4v) is 8.46. The number of anilines is 1. The zero-order chi connectivity index (χ0) is 39.1. The van der Waals surface area contributed by atoms with Gasteiger partial charge in [0.25, 0.3) is 0 Å². The monoisotopic (exact) mass is 777 g/mol. The average molecular weight is 778 g/mol. The molecule has 0 amide bonds. The van der Waals surface area contributed by atoms with Crippen molar-refractivity contribution < 1.29 is 45.7 Å². The summed E-state index contributed by atoms with van der Waals surface area (Å²) < 4.78 is 96.7. The van der Waals surface area contributed by atoms with Gasteiger partial charge in [-0.25, -0.2) is 22.0 Å². The van der Waals surface area contributed by atoms with E-state index in [1.807, 2.05) is 11.8 Å². The summed E-state index contributed by atoms with van der Waals surface area (Å²) in [5, 5.41) is 1.38. The molecule has 10 nitrogen and oxygen atoms in total. The van der Waals surface area contributed by atoms with Crippen molar-refractivity contribution in [2.24, 2.45) is 5.92 Å². The Morgan fingerprint density at radius 2 is 1.75 bits per heavy atom. The topological polar surface area (TPSA) is 99.1 Å². The van der Waals surface area contributed by atoms with Gasteiger partial charge in [0.05, 0.1) is 16.8 Å². The van der Waals surface area contributed by atoms with Crippen LogP contribution in [0.2, 0.25) is 0 Å². The van der Waals surface area contributed by atoms with Gasteiger partial charge in [0.1, 0.15) is 47.1 Å². The number of carbonyl (C=O) groups is 1. The number of hydrogen-bond acceptors (Lipinski definition) is 10. The number of hydrogen-bond donors (Lipinski definition) is 0. The zero-order valence-corrected chi connectivity index (χ0v) is 30.9. The van der Waals surface area contributed by atoms with E-state index in [1.54, 1.807) is 18.2 Å². The molecular formula is C41H40F5N5O5. The summed E-state index contributed by atoms with van der Waals surface area (Å²) in [6.07, 6.45) is 3.42. The summed E-state index contributed by atoms with van der Waals surface area (Å²) in [5.74, 6) is -3.95. The number of pyridine rings is 1. The molecule has 5 aromatic rings. The van der Waals surface area contributed by atoms with Crippen LogP contribution in [0, 0.1) is 29.2 Å². The predicted molar refractivity (Wildman–Crippen MR) is 198 cm³/mol. The van der Waals surface area contributed by atoms with Crippen molar-refractivity contribution in [1.29, 1.82) is 0 Å². The van der Waals surface area contributed by atoms with Gasteiger partial charge in [0, 0.05) is 51.0 Å². The van der Waals surface area contributed by atoms with Crippen LogP contribution in [0.25, 0.3) is 32.9 Å². The minimum atomic E-state index is -1.13. The van der Waals surface area contributed by atoms with E-state index in [4.69, 9.17) is 23.9 Å². The number of halogens is 5. The molecule has 0 aliphatic carbocycles. The van der Waals surface area contributed by atoms with Gasteiger partial charge in [-0.1, -0.05) is 13.0 Å². The summed E-state index contributed by atoms with van der Waals surface area (Å²) in [4.78, 5) is 30.9. The maximum absolute atomic E-state index is 17.2. The maximum Gasteiger partial charge on any atom is 0.319 e. The van der Waals surface area contributed by atoms with Gasteiger partial charge in [-0.15, -0.1) is 0 Å². The number of carbonyl (C=O) groups excluding carboxylic acids is 1. The van der Waals surface area contributed by atoms with E-state index in [-0.39, 0.29) is 41.8 Å². The summed E-state index contributed by atoms with van der Waals surface area (Å²) in [6, 6.07) is 9.09. The van der Waals surface area contributed by atoms with E-state index >= 15 is 8.78 Å². The molecule has 3 aliphatic rings. The van der Waals surface area contributed by atoms with Gasteiger partial charge in [-0.2, -0.15) is 9.97 Å². The Labute approximate surface area is 319 Å². The molecule has 3 saturated heterocycles. The van der Waals surface area contributed by atoms with Crippen molar-refractivity contribution in [3.05, 3.63) is 77.5 Å². The lowest BCUT2D eigenvalue weighted by Gasteiger charge is -2.33. The number of nitrogens with zero attached hydrogens (tertiary/aromatic N) is 5. The van der Waals surface area contributed by atoms with Crippen LogP contribution in [0.1, 0.15) is 44.6 Å². The first-order valence-corrected chi connectivity index (χ1v) is 18.7. The van der Waals surface area contributed by atoms with Crippen LogP contribution in [0.4, 0.5) is 27.8 Å². The number of rotatable bonds is 11. The first-order valence-electron chi connectivity index (χ1n) is 18.7. The Balaban J connectivity index is 1.17. The maximum atomic E-state index is 17.2. The van der Waals surface area contributed by atoms with Crippen LogP contribution >= 0.6 is 0 Å². The van der Waals surface area contributed by atoms with E-state index in [2.05, 4.69) is 14.9 Å². The van der Waals surface area contributed by atoms with Crippen molar-refractivity contribution in [2.75, 3.05) is 51.6 Å². The molecule has 15 heteroatoms. The molecule has 0 saturated carbocycles. The molecule has 5 heterocycles. The molecule has 8 rings (SSSR count). The highest BCUT2D eigenvalue weighted by Gasteiger charge is 2.49. The van der Waals surface area contributed by atoms with E-state index in [9.17, 15) is 18.0 Å². The van der Waals surface area contributed by atoms with Crippen LogP contribution in [-0.4, -0.2) is 84.2 Å². The third-order valence-electron chi connectivity index (χ3n) is 11.2. The average Bonchev–Trinajstić information content (AvgIpc) is 3.73. The number of esters is 1. The van der Waals surface area contributed by atoms with Crippen molar-refractivity contribution in [3.63, 3.8) is 0 Å². The summed E-state index contributed by atoms with van der Waals surface area (Å²) in [5.41, 5.74) is -0.00656. The molecule has 2 atom stereocenters. The third kappa shape index (κ3) is 7.06. The Hall–Kier alpha value is -5.15. The smallest absolute Gasteiger partial charge is 0.319 e. The van der Waals surface area contributed by atoms with Gasteiger partial charge < -0.3 is 23.8 Å². The van der Waals surface area contributed by atoms with Crippen LogP contribution in [0.3, 0.4) is 0 Å². The minimum absolute atomic E-state index is 0.0705.